The first-order valence-electron chi connectivity index (χ1n) is 6.58. The normalized spacial score (nSPS) is 41.3. The highest BCUT2D eigenvalue weighted by Gasteiger charge is 2.31. The summed E-state index contributed by atoms with van der Waals surface area (Å²) in [7, 11) is 0. The third-order valence-corrected chi connectivity index (χ3v) is 4.66. The van der Waals surface area contributed by atoms with E-state index in [9.17, 15) is 0 Å². The van der Waals surface area contributed by atoms with Crippen LogP contribution >= 0.6 is 0 Å². The summed E-state index contributed by atoms with van der Waals surface area (Å²) in [5.74, 6) is 3.68. The Morgan fingerprint density at radius 2 is 1.20 bits per heavy atom. The molecule has 0 heterocycles. The van der Waals surface area contributed by atoms with Crippen molar-refractivity contribution in [1.82, 2.24) is 0 Å². The number of rotatable bonds is 3. The predicted molar refractivity (Wildman–Crippen MR) is 66.7 cm³/mol. The Morgan fingerprint density at radius 3 is 1.73 bits per heavy atom. The Morgan fingerprint density at radius 1 is 0.667 bits per heavy atom. The van der Waals surface area contributed by atoms with Gasteiger partial charge in [0.05, 0.1) is 0 Å². The minimum atomic E-state index is 0.817. The summed E-state index contributed by atoms with van der Waals surface area (Å²) in [5.41, 5.74) is 0. The van der Waals surface area contributed by atoms with E-state index in [0.717, 1.165) is 23.7 Å². The molecule has 0 spiro atoms. The Hall–Kier alpha value is -0.520. The van der Waals surface area contributed by atoms with E-state index in [1.807, 2.05) is 0 Å². The maximum atomic E-state index is 3.93. The molecule has 15 heavy (non-hydrogen) atoms. The Kier molecular flexibility index (Phi) is 3.66. The summed E-state index contributed by atoms with van der Waals surface area (Å²) >= 11 is 0. The topological polar surface area (TPSA) is 0 Å². The molecule has 0 aliphatic heterocycles. The first kappa shape index (κ1) is 11.0. The van der Waals surface area contributed by atoms with Crippen LogP contribution in [0, 0.1) is 23.7 Å². The molecule has 0 radical (unpaired) electrons. The van der Waals surface area contributed by atoms with Gasteiger partial charge in [-0.1, -0.05) is 12.2 Å². The number of allylic oxidation sites excluding steroid dienone is 2. The summed E-state index contributed by atoms with van der Waals surface area (Å²) in [6, 6.07) is 0. The van der Waals surface area contributed by atoms with Crippen molar-refractivity contribution in [1.29, 1.82) is 0 Å². The van der Waals surface area contributed by atoms with Crippen LogP contribution in [0.2, 0.25) is 0 Å². The van der Waals surface area contributed by atoms with Gasteiger partial charge in [0.1, 0.15) is 0 Å². The van der Waals surface area contributed by atoms with Crippen LogP contribution in [0.4, 0.5) is 0 Å². The lowest BCUT2D eigenvalue weighted by atomic mass is 9.75. The minimum absolute atomic E-state index is 0.817. The van der Waals surface area contributed by atoms with Gasteiger partial charge in [-0.25, -0.2) is 0 Å². The highest BCUT2D eigenvalue weighted by Crippen LogP contribution is 2.43. The van der Waals surface area contributed by atoms with E-state index in [2.05, 4.69) is 25.3 Å². The van der Waals surface area contributed by atoms with Crippen LogP contribution in [0.1, 0.15) is 44.9 Å². The van der Waals surface area contributed by atoms with E-state index in [4.69, 9.17) is 0 Å². The molecule has 2 aliphatic carbocycles. The van der Waals surface area contributed by atoms with Crippen molar-refractivity contribution in [3.05, 3.63) is 25.3 Å². The molecule has 2 aliphatic rings. The molecule has 0 aromatic rings. The molecule has 0 bridgehead atoms. The average molecular weight is 204 g/mol. The van der Waals surface area contributed by atoms with Crippen molar-refractivity contribution in [2.24, 2.45) is 23.7 Å². The highest BCUT2D eigenvalue weighted by atomic mass is 14.4. The molecule has 2 rings (SSSR count). The summed E-state index contributed by atoms with van der Waals surface area (Å²) < 4.78 is 0. The fraction of sp³-hybridized carbons (Fsp3) is 0.733. The molecular formula is C15H24. The lowest BCUT2D eigenvalue weighted by Crippen LogP contribution is -2.19. The molecule has 0 nitrogen and oxygen atoms in total. The van der Waals surface area contributed by atoms with Gasteiger partial charge in [0.15, 0.2) is 0 Å². The molecule has 2 atom stereocenters. The standard InChI is InChI=1S/C15H24/c1-3-12-5-8-14(9-6-12)15-10-7-13(4-2)11-15/h3-4,12-15H,1-2,5-11H2. The lowest BCUT2D eigenvalue weighted by molar-refractivity contribution is 0.224. The van der Waals surface area contributed by atoms with Gasteiger partial charge in [0.2, 0.25) is 0 Å². The molecule has 0 heteroatoms. The van der Waals surface area contributed by atoms with Crippen molar-refractivity contribution < 1.29 is 0 Å². The largest absolute Gasteiger partial charge is 0.103 e. The first-order chi connectivity index (χ1) is 7.33. The van der Waals surface area contributed by atoms with Crippen LogP contribution in [-0.2, 0) is 0 Å². The van der Waals surface area contributed by atoms with Crippen LogP contribution < -0.4 is 0 Å². The molecule has 0 amide bonds. The Balaban J connectivity index is 1.81. The van der Waals surface area contributed by atoms with Crippen molar-refractivity contribution in [2.75, 3.05) is 0 Å². The smallest absolute Gasteiger partial charge is 0.0233 e. The zero-order valence-corrected chi connectivity index (χ0v) is 9.83. The maximum Gasteiger partial charge on any atom is -0.0233 e. The lowest BCUT2D eigenvalue weighted by Gasteiger charge is -2.31. The fourth-order valence-corrected chi connectivity index (χ4v) is 3.55. The molecule has 0 aromatic carbocycles. The molecular weight excluding hydrogens is 180 g/mol. The van der Waals surface area contributed by atoms with Crippen molar-refractivity contribution in [3.8, 4) is 0 Å². The van der Waals surface area contributed by atoms with Crippen LogP contribution in [0.15, 0.2) is 25.3 Å². The van der Waals surface area contributed by atoms with Crippen molar-refractivity contribution >= 4 is 0 Å². The third kappa shape index (κ3) is 2.53. The number of hydrogen-bond donors (Lipinski definition) is 0. The molecule has 0 N–H and O–H groups in total. The quantitative estimate of drug-likeness (QED) is 0.590. The van der Waals surface area contributed by atoms with E-state index in [0.29, 0.717) is 0 Å². The second kappa shape index (κ2) is 5.01. The first-order valence-corrected chi connectivity index (χ1v) is 6.58. The van der Waals surface area contributed by atoms with Gasteiger partial charge >= 0.3 is 0 Å². The third-order valence-electron chi connectivity index (χ3n) is 4.66. The van der Waals surface area contributed by atoms with Gasteiger partial charge in [-0.3, -0.25) is 0 Å². The van der Waals surface area contributed by atoms with Crippen molar-refractivity contribution in [3.63, 3.8) is 0 Å². The Labute approximate surface area is 94.5 Å². The van der Waals surface area contributed by atoms with E-state index < -0.39 is 0 Å². The second-order valence-electron chi connectivity index (χ2n) is 5.48. The van der Waals surface area contributed by atoms with Gasteiger partial charge in [0, 0.05) is 0 Å². The van der Waals surface area contributed by atoms with Gasteiger partial charge in [-0.05, 0) is 68.6 Å². The monoisotopic (exact) mass is 204 g/mol. The molecule has 2 saturated carbocycles. The summed E-state index contributed by atoms with van der Waals surface area (Å²) in [6.07, 6.45) is 14.3. The van der Waals surface area contributed by atoms with E-state index in [1.54, 1.807) is 0 Å². The maximum absolute atomic E-state index is 3.93. The summed E-state index contributed by atoms with van der Waals surface area (Å²) in [6.45, 7) is 7.85. The van der Waals surface area contributed by atoms with E-state index >= 15 is 0 Å². The molecule has 0 saturated heterocycles. The summed E-state index contributed by atoms with van der Waals surface area (Å²) in [5, 5.41) is 0. The Bertz CT molecular complexity index is 220. The average Bonchev–Trinajstić information content (AvgIpc) is 2.78. The minimum Gasteiger partial charge on any atom is -0.103 e. The summed E-state index contributed by atoms with van der Waals surface area (Å²) in [4.78, 5) is 0. The molecule has 84 valence electrons. The van der Waals surface area contributed by atoms with Gasteiger partial charge in [-0.2, -0.15) is 0 Å². The van der Waals surface area contributed by atoms with Crippen LogP contribution in [0.25, 0.3) is 0 Å². The fourth-order valence-electron chi connectivity index (χ4n) is 3.55. The van der Waals surface area contributed by atoms with Crippen LogP contribution in [-0.4, -0.2) is 0 Å². The SMILES string of the molecule is C=CC1CCC(C2CCC(C=C)C2)CC1. The zero-order valence-electron chi connectivity index (χ0n) is 9.83. The predicted octanol–water partition coefficient (Wildman–Crippen LogP) is 4.58. The van der Waals surface area contributed by atoms with Gasteiger partial charge in [-0.15, -0.1) is 13.2 Å². The highest BCUT2D eigenvalue weighted by molar-refractivity contribution is 4.92. The van der Waals surface area contributed by atoms with Gasteiger partial charge < -0.3 is 0 Å². The molecule has 0 aromatic heterocycles. The molecule has 2 fully saturated rings. The molecule has 2 unspecified atom stereocenters. The van der Waals surface area contributed by atoms with E-state index in [-0.39, 0.29) is 0 Å². The van der Waals surface area contributed by atoms with Crippen LogP contribution in [0.3, 0.4) is 0 Å². The second-order valence-corrected chi connectivity index (χ2v) is 5.48. The van der Waals surface area contributed by atoms with Crippen molar-refractivity contribution in [2.45, 2.75) is 44.9 Å². The van der Waals surface area contributed by atoms with E-state index in [1.165, 1.54) is 44.9 Å². The van der Waals surface area contributed by atoms with Gasteiger partial charge in [0.25, 0.3) is 0 Å². The number of hydrogen-bond acceptors (Lipinski definition) is 0. The zero-order chi connectivity index (χ0) is 10.7. The van der Waals surface area contributed by atoms with Crippen LogP contribution in [0.5, 0.6) is 0 Å².